The van der Waals surface area contributed by atoms with Gasteiger partial charge in [0, 0.05) is 6.42 Å². The van der Waals surface area contributed by atoms with Gasteiger partial charge >= 0.3 is 0 Å². The van der Waals surface area contributed by atoms with Crippen molar-refractivity contribution in [1.82, 2.24) is 0 Å². The fourth-order valence-corrected chi connectivity index (χ4v) is 2.68. The molecule has 0 heterocycles. The van der Waals surface area contributed by atoms with Crippen molar-refractivity contribution < 1.29 is 9.90 Å². The fraction of sp³-hybridized carbons (Fsp3) is 0.722. The SMILES string of the molecule is CCCCCCCCCCCC(=O)C1(N)C=CC(O)=CC1. The topological polar surface area (TPSA) is 63.3 Å². The van der Waals surface area contributed by atoms with Gasteiger partial charge in [-0.2, -0.15) is 0 Å². The lowest BCUT2D eigenvalue weighted by atomic mass is 9.85. The molecule has 21 heavy (non-hydrogen) atoms. The summed E-state index contributed by atoms with van der Waals surface area (Å²) in [6.07, 6.45) is 16.9. The molecule has 3 heteroatoms. The van der Waals surface area contributed by atoms with E-state index >= 15 is 0 Å². The van der Waals surface area contributed by atoms with Crippen LogP contribution in [0.1, 0.15) is 77.6 Å². The van der Waals surface area contributed by atoms with Gasteiger partial charge in [0.05, 0.1) is 5.54 Å². The summed E-state index contributed by atoms with van der Waals surface area (Å²) in [6.45, 7) is 2.24. The Balaban J connectivity index is 2.05. The molecule has 0 fully saturated rings. The molecule has 3 N–H and O–H groups in total. The monoisotopic (exact) mass is 293 g/mol. The van der Waals surface area contributed by atoms with Gasteiger partial charge in [0.1, 0.15) is 5.76 Å². The number of rotatable bonds is 11. The van der Waals surface area contributed by atoms with E-state index in [1.54, 1.807) is 12.2 Å². The molecular formula is C18H31NO2. The first-order valence-corrected chi connectivity index (χ1v) is 8.49. The van der Waals surface area contributed by atoms with E-state index in [1.165, 1.54) is 51.0 Å². The van der Waals surface area contributed by atoms with Crippen molar-refractivity contribution in [3.8, 4) is 0 Å². The number of aliphatic hydroxyl groups is 1. The van der Waals surface area contributed by atoms with Crippen molar-refractivity contribution in [1.29, 1.82) is 0 Å². The highest BCUT2D eigenvalue weighted by Gasteiger charge is 2.30. The van der Waals surface area contributed by atoms with Crippen LogP contribution in [0, 0.1) is 0 Å². The largest absolute Gasteiger partial charge is 0.508 e. The van der Waals surface area contributed by atoms with E-state index in [1.807, 2.05) is 0 Å². The van der Waals surface area contributed by atoms with Gasteiger partial charge < -0.3 is 10.8 Å². The first kappa shape index (κ1) is 18.0. The first-order valence-electron chi connectivity index (χ1n) is 8.49. The Morgan fingerprint density at radius 1 is 1.14 bits per heavy atom. The van der Waals surface area contributed by atoms with Gasteiger partial charge in [0.15, 0.2) is 5.78 Å². The zero-order valence-corrected chi connectivity index (χ0v) is 13.4. The van der Waals surface area contributed by atoms with Crippen molar-refractivity contribution in [2.24, 2.45) is 5.73 Å². The number of carbonyl (C=O) groups excluding carboxylic acids is 1. The van der Waals surface area contributed by atoms with Gasteiger partial charge in [-0.3, -0.25) is 4.79 Å². The van der Waals surface area contributed by atoms with Crippen molar-refractivity contribution in [2.75, 3.05) is 0 Å². The Morgan fingerprint density at radius 3 is 2.24 bits per heavy atom. The highest BCUT2D eigenvalue weighted by Crippen LogP contribution is 2.21. The molecule has 0 saturated heterocycles. The van der Waals surface area contributed by atoms with E-state index in [0.717, 1.165) is 12.8 Å². The number of unbranched alkanes of at least 4 members (excludes halogenated alkanes) is 8. The Labute approximate surface area is 129 Å². The van der Waals surface area contributed by atoms with Gasteiger partial charge in [-0.1, -0.05) is 64.4 Å². The van der Waals surface area contributed by atoms with E-state index in [2.05, 4.69) is 6.92 Å². The summed E-state index contributed by atoms with van der Waals surface area (Å²) in [4.78, 5) is 12.1. The Kier molecular flexibility index (Phi) is 8.36. The molecule has 0 saturated carbocycles. The molecule has 0 aromatic rings. The van der Waals surface area contributed by atoms with Gasteiger partial charge in [0.2, 0.25) is 0 Å². The predicted molar refractivity (Wildman–Crippen MR) is 88.2 cm³/mol. The first-order chi connectivity index (χ1) is 10.1. The third-order valence-corrected chi connectivity index (χ3v) is 4.23. The second-order valence-corrected chi connectivity index (χ2v) is 6.21. The van der Waals surface area contributed by atoms with Gasteiger partial charge in [0.25, 0.3) is 0 Å². The van der Waals surface area contributed by atoms with Crippen molar-refractivity contribution in [3.05, 3.63) is 24.0 Å². The minimum atomic E-state index is -0.896. The number of hydrogen-bond donors (Lipinski definition) is 2. The summed E-state index contributed by atoms with van der Waals surface area (Å²) in [7, 11) is 0. The van der Waals surface area contributed by atoms with Crippen molar-refractivity contribution in [2.45, 2.75) is 83.1 Å². The lowest BCUT2D eigenvalue weighted by Crippen LogP contribution is -2.46. The van der Waals surface area contributed by atoms with Crippen LogP contribution >= 0.6 is 0 Å². The normalized spacial score (nSPS) is 21.3. The number of hydrogen-bond acceptors (Lipinski definition) is 3. The molecule has 1 aliphatic rings. The second kappa shape index (κ2) is 9.78. The van der Waals surface area contributed by atoms with E-state index in [-0.39, 0.29) is 11.5 Å². The molecule has 0 amide bonds. The predicted octanol–water partition coefficient (Wildman–Crippen LogP) is 4.58. The summed E-state index contributed by atoms with van der Waals surface area (Å²) in [6, 6.07) is 0. The smallest absolute Gasteiger partial charge is 0.156 e. The molecule has 0 aliphatic heterocycles. The van der Waals surface area contributed by atoms with Crippen molar-refractivity contribution >= 4 is 5.78 Å². The summed E-state index contributed by atoms with van der Waals surface area (Å²) < 4.78 is 0. The zero-order chi connectivity index (χ0) is 15.6. The Morgan fingerprint density at radius 2 is 1.71 bits per heavy atom. The molecule has 120 valence electrons. The number of nitrogens with two attached hydrogens (primary N) is 1. The molecule has 0 spiro atoms. The minimum Gasteiger partial charge on any atom is -0.508 e. The Hall–Kier alpha value is -1.09. The van der Waals surface area contributed by atoms with Crippen LogP contribution < -0.4 is 5.73 Å². The molecule has 0 aromatic carbocycles. The molecule has 0 radical (unpaired) electrons. The molecule has 3 nitrogen and oxygen atoms in total. The molecule has 1 rings (SSSR count). The molecule has 1 unspecified atom stereocenters. The number of aliphatic hydroxyl groups excluding tert-OH is 1. The summed E-state index contributed by atoms with van der Waals surface area (Å²) in [5.74, 6) is 0.289. The Bertz CT molecular complexity index is 373. The van der Waals surface area contributed by atoms with Crippen LogP contribution in [0.5, 0.6) is 0 Å². The van der Waals surface area contributed by atoms with Crippen LogP contribution in [0.2, 0.25) is 0 Å². The molecular weight excluding hydrogens is 262 g/mol. The number of Topliss-reactive ketones (excluding diaryl/α,β-unsaturated/α-hetero) is 1. The van der Waals surface area contributed by atoms with E-state index in [9.17, 15) is 9.90 Å². The minimum absolute atomic E-state index is 0.0884. The third-order valence-electron chi connectivity index (χ3n) is 4.23. The van der Waals surface area contributed by atoms with Crippen LogP contribution in [0.15, 0.2) is 24.0 Å². The maximum absolute atomic E-state index is 12.1. The standard InChI is InChI=1S/C18H31NO2/c1-2-3-4-5-6-7-8-9-10-11-17(21)18(19)14-12-16(20)13-15-18/h12-14,20H,2-11,15,19H2,1H3. The van der Waals surface area contributed by atoms with E-state index in [4.69, 9.17) is 5.73 Å². The van der Waals surface area contributed by atoms with Crippen LogP contribution in [0.3, 0.4) is 0 Å². The second-order valence-electron chi connectivity index (χ2n) is 6.21. The number of allylic oxidation sites excluding steroid dienone is 1. The van der Waals surface area contributed by atoms with Crippen LogP contribution in [0.4, 0.5) is 0 Å². The number of ketones is 1. The van der Waals surface area contributed by atoms with Crippen LogP contribution in [0.25, 0.3) is 0 Å². The molecule has 0 aromatic heterocycles. The maximum Gasteiger partial charge on any atom is 0.156 e. The van der Waals surface area contributed by atoms with Gasteiger partial charge in [-0.15, -0.1) is 0 Å². The lowest BCUT2D eigenvalue weighted by Gasteiger charge is -2.25. The molecule has 0 bridgehead atoms. The third kappa shape index (κ3) is 6.94. The highest BCUT2D eigenvalue weighted by molar-refractivity contribution is 5.90. The highest BCUT2D eigenvalue weighted by atomic mass is 16.3. The van der Waals surface area contributed by atoms with E-state index < -0.39 is 5.54 Å². The maximum atomic E-state index is 12.1. The average Bonchev–Trinajstić information content (AvgIpc) is 2.48. The van der Waals surface area contributed by atoms with Gasteiger partial charge in [-0.05, 0) is 25.0 Å². The number of carbonyl (C=O) groups is 1. The summed E-state index contributed by atoms with van der Waals surface area (Å²) in [5.41, 5.74) is 5.19. The van der Waals surface area contributed by atoms with E-state index in [0.29, 0.717) is 12.8 Å². The van der Waals surface area contributed by atoms with Crippen LogP contribution in [-0.2, 0) is 4.79 Å². The fourth-order valence-electron chi connectivity index (χ4n) is 2.68. The average molecular weight is 293 g/mol. The summed E-state index contributed by atoms with van der Waals surface area (Å²) >= 11 is 0. The molecule has 1 aliphatic carbocycles. The molecule has 1 atom stereocenters. The van der Waals surface area contributed by atoms with Gasteiger partial charge in [-0.25, -0.2) is 0 Å². The van der Waals surface area contributed by atoms with Crippen molar-refractivity contribution in [3.63, 3.8) is 0 Å². The summed E-state index contributed by atoms with van der Waals surface area (Å²) in [5, 5.41) is 9.28. The van der Waals surface area contributed by atoms with Crippen LogP contribution in [-0.4, -0.2) is 16.4 Å². The zero-order valence-electron chi connectivity index (χ0n) is 13.4. The lowest BCUT2D eigenvalue weighted by molar-refractivity contribution is -0.122. The quantitative estimate of drug-likeness (QED) is 0.548.